The number of aliphatic carboxylic acids is 1. The number of likely N-dealkylation sites (tertiary alicyclic amines) is 1. The smallest absolute Gasteiger partial charge is 0.326 e. The van der Waals surface area contributed by atoms with E-state index < -0.39 is 18.1 Å². The van der Waals surface area contributed by atoms with Crippen molar-refractivity contribution in [2.45, 2.75) is 51.6 Å². The zero-order valence-corrected chi connectivity index (χ0v) is 12.0. The number of carboxylic acid groups (broad SMARTS) is 1. The summed E-state index contributed by atoms with van der Waals surface area (Å²) in [5.74, 6) is -1.42. The third-order valence-electron chi connectivity index (χ3n) is 4.00. The van der Waals surface area contributed by atoms with Gasteiger partial charge in [0.05, 0.1) is 0 Å². The average molecular weight is 282 g/mol. The first-order chi connectivity index (χ1) is 9.41. The standard InChI is InChI=1S/C14H22N2O4/c1-8(2)11(14(19)20)15-12(17)10-4-3-7-16(10)13(18)9-5-6-9/h8-11H,3-7H2,1-2H3,(H,15,17)(H,19,20)/t10?,11-/m1/s1. The Kier molecular flexibility index (Phi) is 4.30. The lowest BCUT2D eigenvalue weighted by Crippen LogP contribution is -2.52. The lowest BCUT2D eigenvalue weighted by Gasteiger charge is -2.26. The second-order valence-corrected chi connectivity index (χ2v) is 6.03. The molecule has 0 radical (unpaired) electrons. The summed E-state index contributed by atoms with van der Waals surface area (Å²) in [7, 11) is 0. The first-order valence-electron chi connectivity index (χ1n) is 7.25. The molecule has 112 valence electrons. The van der Waals surface area contributed by atoms with E-state index in [1.54, 1.807) is 18.7 Å². The van der Waals surface area contributed by atoms with Crippen LogP contribution in [-0.4, -0.2) is 46.4 Å². The van der Waals surface area contributed by atoms with Gasteiger partial charge in [0, 0.05) is 12.5 Å². The van der Waals surface area contributed by atoms with Crippen molar-refractivity contribution in [1.29, 1.82) is 0 Å². The van der Waals surface area contributed by atoms with E-state index >= 15 is 0 Å². The van der Waals surface area contributed by atoms with Gasteiger partial charge in [-0.05, 0) is 31.6 Å². The minimum Gasteiger partial charge on any atom is -0.480 e. The Hall–Kier alpha value is -1.59. The normalized spacial score (nSPS) is 23.8. The molecular weight excluding hydrogens is 260 g/mol. The Morgan fingerprint density at radius 2 is 1.85 bits per heavy atom. The SMILES string of the molecule is CC(C)[C@@H](NC(=O)C1CCCN1C(=O)C1CC1)C(=O)O. The van der Waals surface area contributed by atoms with Gasteiger partial charge in [0.25, 0.3) is 0 Å². The Bertz CT molecular complexity index is 417. The van der Waals surface area contributed by atoms with Gasteiger partial charge < -0.3 is 15.3 Å². The maximum absolute atomic E-state index is 12.3. The molecule has 2 fully saturated rings. The first-order valence-corrected chi connectivity index (χ1v) is 7.25. The third kappa shape index (κ3) is 3.11. The minimum absolute atomic E-state index is 0.0547. The van der Waals surface area contributed by atoms with E-state index in [1.807, 2.05) is 0 Å². The summed E-state index contributed by atoms with van der Waals surface area (Å²) in [4.78, 5) is 37.1. The van der Waals surface area contributed by atoms with E-state index in [4.69, 9.17) is 5.11 Å². The summed E-state index contributed by atoms with van der Waals surface area (Å²) in [5.41, 5.74) is 0. The first kappa shape index (κ1) is 14.8. The van der Waals surface area contributed by atoms with Gasteiger partial charge in [0.1, 0.15) is 12.1 Å². The maximum atomic E-state index is 12.3. The van der Waals surface area contributed by atoms with Crippen LogP contribution in [0.5, 0.6) is 0 Å². The molecule has 0 bridgehead atoms. The van der Waals surface area contributed by atoms with Crippen LogP contribution in [0.25, 0.3) is 0 Å². The van der Waals surface area contributed by atoms with Crippen LogP contribution in [0.4, 0.5) is 0 Å². The lowest BCUT2D eigenvalue weighted by molar-refractivity contribution is -0.145. The van der Waals surface area contributed by atoms with E-state index in [2.05, 4.69) is 5.32 Å². The van der Waals surface area contributed by atoms with Gasteiger partial charge in [0.15, 0.2) is 0 Å². The number of amides is 2. The number of nitrogens with one attached hydrogen (secondary N) is 1. The van der Waals surface area contributed by atoms with E-state index in [-0.39, 0.29) is 23.7 Å². The number of hydrogen-bond donors (Lipinski definition) is 2. The minimum atomic E-state index is -1.04. The van der Waals surface area contributed by atoms with E-state index in [1.165, 1.54) is 0 Å². The van der Waals surface area contributed by atoms with E-state index in [9.17, 15) is 14.4 Å². The fraction of sp³-hybridized carbons (Fsp3) is 0.786. The Morgan fingerprint density at radius 1 is 1.20 bits per heavy atom. The van der Waals surface area contributed by atoms with Crippen LogP contribution in [0.3, 0.4) is 0 Å². The Labute approximate surface area is 118 Å². The summed E-state index contributed by atoms with van der Waals surface area (Å²) in [6.07, 6.45) is 3.24. The molecule has 1 saturated heterocycles. The summed E-state index contributed by atoms with van der Waals surface area (Å²) in [5, 5.41) is 11.7. The number of hydrogen-bond acceptors (Lipinski definition) is 3. The number of carboxylic acids is 1. The summed E-state index contributed by atoms with van der Waals surface area (Å²) < 4.78 is 0. The molecule has 2 aliphatic rings. The number of carbonyl (C=O) groups is 3. The molecule has 1 saturated carbocycles. The molecule has 2 N–H and O–H groups in total. The van der Waals surface area contributed by atoms with Gasteiger partial charge in [-0.15, -0.1) is 0 Å². The van der Waals surface area contributed by atoms with Gasteiger partial charge in [0.2, 0.25) is 11.8 Å². The topological polar surface area (TPSA) is 86.7 Å². The van der Waals surface area contributed by atoms with Crippen molar-refractivity contribution in [1.82, 2.24) is 10.2 Å². The number of carbonyl (C=O) groups excluding carboxylic acids is 2. The summed E-state index contributed by atoms with van der Waals surface area (Å²) >= 11 is 0. The summed E-state index contributed by atoms with van der Waals surface area (Å²) in [6.45, 7) is 4.11. The highest BCUT2D eigenvalue weighted by Gasteiger charge is 2.41. The van der Waals surface area contributed by atoms with Gasteiger partial charge in [-0.25, -0.2) is 4.79 Å². The van der Waals surface area contributed by atoms with Crippen LogP contribution in [0.15, 0.2) is 0 Å². The fourth-order valence-corrected chi connectivity index (χ4v) is 2.63. The molecule has 2 atom stereocenters. The van der Waals surface area contributed by atoms with Gasteiger partial charge >= 0.3 is 5.97 Å². The molecule has 6 nitrogen and oxygen atoms in total. The van der Waals surface area contributed by atoms with E-state index in [0.717, 1.165) is 19.3 Å². The Balaban J connectivity index is 2.00. The highest BCUT2D eigenvalue weighted by atomic mass is 16.4. The molecule has 0 aromatic heterocycles. The second kappa shape index (κ2) is 5.81. The summed E-state index contributed by atoms with van der Waals surface area (Å²) in [6, 6.07) is -1.40. The Morgan fingerprint density at radius 3 is 2.35 bits per heavy atom. The lowest BCUT2D eigenvalue weighted by atomic mass is 10.0. The van der Waals surface area contributed by atoms with Crippen LogP contribution in [-0.2, 0) is 14.4 Å². The highest BCUT2D eigenvalue weighted by molar-refractivity contribution is 5.92. The molecule has 6 heteroatoms. The molecule has 1 heterocycles. The molecule has 2 rings (SSSR count). The van der Waals surface area contributed by atoms with Crippen LogP contribution in [0, 0.1) is 11.8 Å². The van der Waals surface area contributed by atoms with Crippen molar-refractivity contribution in [3.63, 3.8) is 0 Å². The quantitative estimate of drug-likeness (QED) is 0.773. The molecule has 2 amide bonds. The third-order valence-corrected chi connectivity index (χ3v) is 4.00. The zero-order valence-electron chi connectivity index (χ0n) is 12.0. The molecule has 0 aromatic carbocycles. The van der Waals surface area contributed by atoms with Crippen LogP contribution < -0.4 is 5.32 Å². The monoisotopic (exact) mass is 282 g/mol. The zero-order chi connectivity index (χ0) is 14.9. The molecule has 0 spiro atoms. The highest BCUT2D eigenvalue weighted by Crippen LogP contribution is 2.33. The van der Waals surface area contributed by atoms with Crippen molar-refractivity contribution in [2.24, 2.45) is 11.8 Å². The van der Waals surface area contributed by atoms with Gasteiger partial charge in [-0.2, -0.15) is 0 Å². The van der Waals surface area contributed by atoms with Crippen molar-refractivity contribution < 1.29 is 19.5 Å². The number of rotatable bonds is 5. The van der Waals surface area contributed by atoms with Crippen molar-refractivity contribution in [3.8, 4) is 0 Å². The molecule has 1 aliphatic carbocycles. The predicted molar refractivity (Wildman–Crippen MR) is 71.9 cm³/mol. The molecule has 0 aromatic rings. The van der Waals surface area contributed by atoms with Crippen molar-refractivity contribution in [2.75, 3.05) is 6.54 Å². The predicted octanol–water partition coefficient (Wildman–Crippen LogP) is 0.613. The number of nitrogens with zero attached hydrogens (tertiary/aromatic N) is 1. The van der Waals surface area contributed by atoms with Crippen molar-refractivity contribution in [3.05, 3.63) is 0 Å². The average Bonchev–Trinajstić information content (AvgIpc) is 3.11. The molecular formula is C14H22N2O4. The fourth-order valence-electron chi connectivity index (χ4n) is 2.63. The second-order valence-electron chi connectivity index (χ2n) is 6.03. The van der Waals surface area contributed by atoms with E-state index in [0.29, 0.717) is 13.0 Å². The maximum Gasteiger partial charge on any atom is 0.326 e. The van der Waals surface area contributed by atoms with Crippen molar-refractivity contribution >= 4 is 17.8 Å². The van der Waals surface area contributed by atoms with Crippen LogP contribution >= 0.6 is 0 Å². The largest absolute Gasteiger partial charge is 0.480 e. The van der Waals surface area contributed by atoms with Crippen LogP contribution in [0.1, 0.15) is 39.5 Å². The molecule has 20 heavy (non-hydrogen) atoms. The molecule has 1 unspecified atom stereocenters. The van der Waals surface area contributed by atoms with Crippen LogP contribution in [0.2, 0.25) is 0 Å². The van der Waals surface area contributed by atoms with Gasteiger partial charge in [-0.3, -0.25) is 9.59 Å². The molecule has 1 aliphatic heterocycles. The van der Waals surface area contributed by atoms with Gasteiger partial charge in [-0.1, -0.05) is 13.8 Å².